The van der Waals surface area contributed by atoms with Gasteiger partial charge in [-0.1, -0.05) is 13.8 Å². The number of aldehydes is 1. The summed E-state index contributed by atoms with van der Waals surface area (Å²) in [4.78, 5) is 20.5. The van der Waals surface area contributed by atoms with E-state index in [0.29, 0.717) is 19.1 Å². The van der Waals surface area contributed by atoms with Crippen LogP contribution >= 0.6 is 0 Å². The van der Waals surface area contributed by atoms with Gasteiger partial charge in [0, 0.05) is 13.5 Å². The second kappa shape index (κ2) is 10.1. The van der Waals surface area contributed by atoms with Gasteiger partial charge in [0.2, 0.25) is 5.91 Å². The number of nitrogens with two attached hydrogens (primary N) is 1. The van der Waals surface area contributed by atoms with Crippen LogP contribution in [0.4, 0.5) is 0 Å². The van der Waals surface area contributed by atoms with E-state index in [2.05, 4.69) is 5.32 Å². The van der Waals surface area contributed by atoms with Crippen LogP contribution in [0.3, 0.4) is 0 Å². The summed E-state index contributed by atoms with van der Waals surface area (Å²) < 4.78 is 0. The fourth-order valence-corrected chi connectivity index (χ4v) is 0.491. The van der Waals surface area contributed by atoms with Gasteiger partial charge in [0.05, 0.1) is 6.04 Å². The topological polar surface area (TPSA) is 72.2 Å². The Balaban J connectivity index is 0. The Morgan fingerprint density at radius 2 is 2.08 bits per heavy atom. The van der Waals surface area contributed by atoms with E-state index in [-0.39, 0.29) is 5.91 Å². The molecule has 12 heavy (non-hydrogen) atoms. The van der Waals surface area contributed by atoms with Crippen LogP contribution in [0.2, 0.25) is 0 Å². The number of amides is 1. The van der Waals surface area contributed by atoms with Gasteiger partial charge in [-0.2, -0.15) is 0 Å². The Morgan fingerprint density at radius 3 is 2.42 bits per heavy atom. The van der Waals surface area contributed by atoms with Crippen LogP contribution in [0, 0.1) is 0 Å². The quantitative estimate of drug-likeness (QED) is 0.592. The molecule has 0 saturated heterocycles. The maximum Gasteiger partial charge on any atom is 0.219 e. The zero-order chi connectivity index (χ0) is 9.98. The number of nitrogens with one attached hydrogen (secondary N) is 1. The minimum absolute atomic E-state index is 0.0858. The van der Waals surface area contributed by atoms with Gasteiger partial charge in [0.1, 0.15) is 6.29 Å². The largest absolute Gasteiger partial charge is 0.359 e. The fourth-order valence-electron chi connectivity index (χ4n) is 0.491. The zero-order valence-electron chi connectivity index (χ0n) is 7.96. The Hall–Kier alpha value is -0.900. The molecule has 0 bridgehead atoms. The molecule has 0 aromatic carbocycles. The van der Waals surface area contributed by atoms with Crippen molar-refractivity contribution >= 4 is 12.2 Å². The number of rotatable bonds is 4. The van der Waals surface area contributed by atoms with Crippen molar-refractivity contribution in [1.29, 1.82) is 0 Å². The van der Waals surface area contributed by atoms with Crippen LogP contribution in [-0.2, 0) is 9.59 Å². The minimum atomic E-state index is -0.503. The molecule has 4 heteroatoms. The van der Waals surface area contributed by atoms with Crippen molar-refractivity contribution in [2.45, 2.75) is 32.7 Å². The first kappa shape index (κ1) is 13.7. The summed E-state index contributed by atoms with van der Waals surface area (Å²) in [5, 5.41) is 2.43. The van der Waals surface area contributed by atoms with Gasteiger partial charge >= 0.3 is 0 Å². The summed E-state index contributed by atoms with van der Waals surface area (Å²) in [7, 11) is 1.55. The molecular formula is C8H18N2O2. The van der Waals surface area contributed by atoms with E-state index in [1.165, 1.54) is 0 Å². The van der Waals surface area contributed by atoms with Gasteiger partial charge in [-0.3, -0.25) is 4.79 Å². The van der Waals surface area contributed by atoms with E-state index < -0.39 is 6.04 Å². The Morgan fingerprint density at radius 1 is 1.58 bits per heavy atom. The van der Waals surface area contributed by atoms with E-state index in [0.717, 1.165) is 0 Å². The molecule has 72 valence electrons. The van der Waals surface area contributed by atoms with Crippen molar-refractivity contribution in [1.82, 2.24) is 5.32 Å². The monoisotopic (exact) mass is 174 g/mol. The molecule has 0 aliphatic heterocycles. The predicted molar refractivity (Wildman–Crippen MR) is 48.7 cm³/mol. The minimum Gasteiger partial charge on any atom is -0.359 e. The second-order valence-electron chi connectivity index (χ2n) is 2.01. The number of carbonyl (C=O) groups is 2. The Bertz CT molecular complexity index is 126. The molecule has 4 nitrogen and oxygen atoms in total. The third kappa shape index (κ3) is 9.10. The molecule has 0 radical (unpaired) electrons. The first-order chi connectivity index (χ1) is 5.70. The third-order valence-corrected chi connectivity index (χ3v) is 1.16. The molecule has 1 amide bonds. The van der Waals surface area contributed by atoms with E-state index in [1.807, 2.05) is 13.8 Å². The zero-order valence-corrected chi connectivity index (χ0v) is 7.96. The average molecular weight is 174 g/mol. The summed E-state index contributed by atoms with van der Waals surface area (Å²) in [5.74, 6) is -0.0858. The summed E-state index contributed by atoms with van der Waals surface area (Å²) in [6, 6.07) is -0.503. The van der Waals surface area contributed by atoms with Crippen LogP contribution in [0.25, 0.3) is 0 Å². The lowest BCUT2D eigenvalue weighted by molar-refractivity contribution is -0.120. The molecule has 0 fully saturated rings. The van der Waals surface area contributed by atoms with Crippen LogP contribution in [0.1, 0.15) is 26.7 Å². The van der Waals surface area contributed by atoms with E-state index >= 15 is 0 Å². The fraction of sp³-hybridized carbons (Fsp3) is 0.750. The smallest absolute Gasteiger partial charge is 0.219 e. The molecular weight excluding hydrogens is 156 g/mol. The highest BCUT2D eigenvalue weighted by atomic mass is 16.1. The van der Waals surface area contributed by atoms with Crippen LogP contribution in [-0.4, -0.2) is 25.3 Å². The SMILES string of the molecule is CC.CNC(=O)CCC(N)C=O. The maximum atomic E-state index is 10.5. The van der Waals surface area contributed by atoms with E-state index in [4.69, 9.17) is 5.73 Å². The van der Waals surface area contributed by atoms with E-state index in [9.17, 15) is 9.59 Å². The van der Waals surface area contributed by atoms with Crippen molar-refractivity contribution in [3.05, 3.63) is 0 Å². The number of carbonyl (C=O) groups excluding carboxylic acids is 2. The first-order valence-electron chi connectivity index (χ1n) is 4.12. The molecule has 0 saturated carbocycles. The summed E-state index contributed by atoms with van der Waals surface area (Å²) in [6.07, 6.45) is 1.38. The van der Waals surface area contributed by atoms with Crippen LogP contribution < -0.4 is 11.1 Å². The summed E-state index contributed by atoms with van der Waals surface area (Å²) in [6.45, 7) is 4.00. The Labute approximate surface area is 73.5 Å². The lowest BCUT2D eigenvalue weighted by Gasteiger charge is -2.01. The number of hydrogen-bond acceptors (Lipinski definition) is 3. The van der Waals surface area contributed by atoms with Gasteiger partial charge in [-0.25, -0.2) is 0 Å². The van der Waals surface area contributed by atoms with E-state index in [1.54, 1.807) is 7.05 Å². The summed E-state index contributed by atoms with van der Waals surface area (Å²) >= 11 is 0. The van der Waals surface area contributed by atoms with Crippen LogP contribution in [0.5, 0.6) is 0 Å². The maximum absolute atomic E-state index is 10.5. The third-order valence-electron chi connectivity index (χ3n) is 1.16. The van der Waals surface area contributed by atoms with Crippen molar-refractivity contribution in [3.63, 3.8) is 0 Å². The van der Waals surface area contributed by atoms with Crippen molar-refractivity contribution < 1.29 is 9.59 Å². The second-order valence-corrected chi connectivity index (χ2v) is 2.01. The highest BCUT2D eigenvalue weighted by Crippen LogP contribution is 1.90. The highest BCUT2D eigenvalue weighted by molar-refractivity contribution is 5.76. The van der Waals surface area contributed by atoms with Gasteiger partial charge in [0.25, 0.3) is 0 Å². The lowest BCUT2D eigenvalue weighted by atomic mass is 10.2. The van der Waals surface area contributed by atoms with Crippen LogP contribution in [0.15, 0.2) is 0 Å². The van der Waals surface area contributed by atoms with Crippen molar-refractivity contribution in [2.75, 3.05) is 7.05 Å². The molecule has 3 N–H and O–H groups in total. The van der Waals surface area contributed by atoms with Gasteiger partial charge < -0.3 is 15.8 Å². The molecule has 1 unspecified atom stereocenters. The van der Waals surface area contributed by atoms with Crippen molar-refractivity contribution in [2.24, 2.45) is 5.73 Å². The molecule has 0 heterocycles. The molecule has 0 aliphatic rings. The van der Waals surface area contributed by atoms with Crippen molar-refractivity contribution in [3.8, 4) is 0 Å². The standard InChI is InChI=1S/C6H12N2O2.C2H6/c1-8-6(10)3-2-5(7)4-9;1-2/h4-5H,2-3,7H2,1H3,(H,8,10);1-2H3. The summed E-state index contributed by atoms with van der Waals surface area (Å²) in [5.41, 5.74) is 5.23. The highest BCUT2D eigenvalue weighted by Gasteiger charge is 2.02. The molecule has 0 aromatic rings. The Kier molecular flexibility index (Phi) is 11.5. The average Bonchev–Trinajstić information content (AvgIpc) is 2.16. The predicted octanol–water partition coefficient (Wildman–Crippen LogP) is 0.0650. The molecule has 0 aliphatic carbocycles. The molecule has 0 rings (SSSR count). The van der Waals surface area contributed by atoms with Gasteiger partial charge in [0.15, 0.2) is 0 Å². The number of hydrogen-bond donors (Lipinski definition) is 2. The van der Waals surface area contributed by atoms with Gasteiger partial charge in [-0.15, -0.1) is 0 Å². The normalized spacial score (nSPS) is 10.7. The molecule has 1 atom stereocenters. The first-order valence-corrected chi connectivity index (χ1v) is 4.12. The van der Waals surface area contributed by atoms with Gasteiger partial charge in [-0.05, 0) is 6.42 Å². The molecule has 0 aromatic heterocycles. The molecule has 0 spiro atoms. The lowest BCUT2D eigenvalue weighted by Crippen LogP contribution is -2.25.